The molecule has 2 fully saturated rings. The molecule has 1 saturated carbocycles. The first kappa shape index (κ1) is 18.9. The molecular formula is C21H30N2O3. The number of nitrogens with zero attached hydrogens (tertiary/aromatic N) is 1. The number of ether oxygens (including phenoxy) is 1. The number of carbonyl (C=O) groups excluding carboxylic acids is 2. The van der Waals surface area contributed by atoms with Crippen LogP contribution in [0.5, 0.6) is 0 Å². The molecule has 0 radical (unpaired) electrons. The number of hydrogen-bond acceptors (Lipinski definition) is 3. The standard InChI is InChI=1S/C21H30N2O3/c1-15-7-9-17(10-8-15)23-13-11-18(21(23)25)20(24)22-12-14-26-19-6-4-3-5-16(19)2/h7-10,16,18-19H,3-6,11-14H2,1-2H3,(H,22,24)/t16-,18+,19-/m0/s1. The molecule has 26 heavy (non-hydrogen) atoms. The third-order valence-corrected chi connectivity index (χ3v) is 5.63. The number of anilines is 1. The van der Waals surface area contributed by atoms with E-state index < -0.39 is 5.92 Å². The van der Waals surface area contributed by atoms with E-state index in [0.717, 1.165) is 17.7 Å². The van der Waals surface area contributed by atoms with Gasteiger partial charge in [0.15, 0.2) is 0 Å². The largest absolute Gasteiger partial charge is 0.376 e. The van der Waals surface area contributed by atoms with Crippen molar-refractivity contribution in [3.05, 3.63) is 29.8 Å². The second-order valence-electron chi connectivity index (χ2n) is 7.63. The first-order valence-corrected chi connectivity index (χ1v) is 9.83. The van der Waals surface area contributed by atoms with E-state index in [-0.39, 0.29) is 11.8 Å². The van der Waals surface area contributed by atoms with Gasteiger partial charge >= 0.3 is 0 Å². The van der Waals surface area contributed by atoms with E-state index in [1.165, 1.54) is 19.3 Å². The van der Waals surface area contributed by atoms with Gasteiger partial charge in [-0.1, -0.05) is 37.5 Å². The monoisotopic (exact) mass is 358 g/mol. The first-order chi connectivity index (χ1) is 12.6. The van der Waals surface area contributed by atoms with E-state index in [4.69, 9.17) is 4.74 Å². The van der Waals surface area contributed by atoms with Crippen LogP contribution in [0.4, 0.5) is 5.69 Å². The molecule has 3 rings (SSSR count). The molecule has 1 aromatic carbocycles. The summed E-state index contributed by atoms with van der Waals surface area (Å²) in [5.74, 6) is -0.262. The Balaban J connectivity index is 1.43. The normalized spacial score (nSPS) is 26.2. The fraction of sp³-hybridized carbons (Fsp3) is 0.619. The molecule has 5 nitrogen and oxygen atoms in total. The first-order valence-electron chi connectivity index (χ1n) is 9.83. The fourth-order valence-corrected chi connectivity index (χ4v) is 3.94. The molecule has 0 spiro atoms. The predicted octanol–water partition coefficient (Wildman–Crippen LogP) is 3.06. The summed E-state index contributed by atoms with van der Waals surface area (Å²) in [6, 6.07) is 7.85. The number of amides is 2. The highest BCUT2D eigenvalue weighted by atomic mass is 16.5. The van der Waals surface area contributed by atoms with Crippen molar-refractivity contribution in [2.24, 2.45) is 11.8 Å². The smallest absolute Gasteiger partial charge is 0.239 e. The van der Waals surface area contributed by atoms with Gasteiger partial charge in [-0.3, -0.25) is 9.59 Å². The highest BCUT2D eigenvalue weighted by Gasteiger charge is 2.37. The van der Waals surface area contributed by atoms with Crippen molar-refractivity contribution in [1.82, 2.24) is 5.32 Å². The number of rotatable bonds is 6. The van der Waals surface area contributed by atoms with Crippen LogP contribution in [-0.2, 0) is 14.3 Å². The Morgan fingerprint density at radius 2 is 1.92 bits per heavy atom. The van der Waals surface area contributed by atoms with Crippen molar-refractivity contribution in [1.29, 1.82) is 0 Å². The van der Waals surface area contributed by atoms with Crippen LogP contribution in [0.15, 0.2) is 24.3 Å². The maximum absolute atomic E-state index is 12.6. The lowest BCUT2D eigenvalue weighted by Crippen LogP contribution is -2.39. The molecule has 3 atom stereocenters. The van der Waals surface area contributed by atoms with Crippen LogP contribution >= 0.6 is 0 Å². The van der Waals surface area contributed by atoms with Gasteiger partial charge in [0.25, 0.3) is 0 Å². The zero-order valence-electron chi connectivity index (χ0n) is 15.9. The molecule has 5 heteroatoms. The maximum Gasteiger partial charge on any atom is 0.239 e. The minimum Gasteiger partial charge on any atom is -0.376 e. The molecule has 0 unspecified atom stereocenters. The van der Waals surface area contributed by atoms with Crippen LogP contribution in [0, 0.1) is 18.8 Å². The Morgan fingerprint density at radius 1 is 1.19 bits per heavy atom. The minimum atomic E-state index is -0.579. The summed E-state index contributed by atoms with van der Waals surface area (Å²) in [6.07, 6.45) is 5.74. The van der Waals surface area contributed by atoms with Crippen molar-refractivity contribution in [3.8, 4) is 0 Å². The predicted molar refractivity (Wildman–Crippen MR) is 102 cm³/mol. The number of benzene rings is 1. The lowest BCUT2D eigenvalue weighted by Gasteiger charge is -2.28. The van der Waals surface area contributed by atoms with Gasteiger partial charge in [-0.2, -0.15) is 0 Å². The Labute approximate surface area is 156 Å². The molecule has 142 valence electrons. The van der Waals surface area contributed by atoms with Crippen molar-refractivity contribution in [2.75, 3.05) is 24.6 Å². The molecule has 1 heterocycles. The average Bonchev–Trinajstić information content (AvgIpc) is 3.02. The fourth-order valence-electron chi connectivity index (χ4n) is 3.94. The summed E-state index contributed by atoms with van der Waals surface area (Å²) in [5.41, 5.74) is 2.02. The zero-order chi connectivity index (χ0) is 18.5. The van der Waals surface area contributed by atoms with E-state index in [1.54, 1.807) is 4.90 Å². The lowest BCUT2D eigenvalue weighted by molar-refractivity contribution is -0.132. The summed E-state index contributed by atoms with van der Waals surface area (Å²) in [5, 5.41) is 2.88. The molecule has 1 saturated heterocycles. The molecule has 0 aromatic heterocycles. The minimum absolute atomic E-state index is 0.104. The lowest BCUT2D eigenvalue weighted by atomic mass is 9.88. The molecule has 1 N–H and O–H groups in total. The van der Waals surface area contributed by atoms with Crippen LogP contribution < -0.4 is 10.2 Å². The molecule has 2 aliphatic rings. The van der Waals surface area contributed by atoms with Crippen molar-refractivity contribution in [3.63, 3.8) is 0 Å². The number of hydrogen-bond donors (Lipinski definition) is 1. The number of aryl methyl sites for hydroxylation is 1. The van der Waals surface area contributed by atoms with Crippen LogP contribution in [0.25, 0.3) is 0 Å². The molecule has 1 aromatic rings. The van der Waals surface area contributed by atoms with Crippen molar-refractivity contribution < 1.29 is 14.3 Å². The number of nitrogens with one attached hydrogen (secondary N) is 1. The van der Waals surface area contributed by atoms with E-state index in [9.17, 15) is 9.59 Å². The quantitative estimate of drug-likeness (QED) is 0.628. The maximum atomic E-state index is 12.6. The summed E-state index contributed by atoms with van der Waals surface area (Å²) < 4.78 is 5.93. The van der Waals surface area contributed by atoms with E-state index in [2.05, 4.69) is 12.2 Å². The van der Waals surface area contributed by atoms with Gasteiger partial charge in [0.2, 0.25) is 11.8 Å². The second kappa shape index (κ2) is 8.67. The van der Waals surface area contributed by atoms with Gasteiger partial charge in [0.1, 0.15) is 5.92 Å². The van der Waals surface area contributed by atoms with Crippen LogP contribution in [-0.4, -0.2) is 37.6 Å². The summed E-state index contributed by atoms with van der Waals surface area (Å²) in [7, 11) is 0. The Kier molecular flexibility index (Phi) is 6.30. The van der Waals surface area contributed by atoms with Gasteiger partial charge in [0, 0.05) is 18.8 Å². The summed E-state index contributed by atoms with van der Waals surface area (Å²) >= 11 is 0. The molecular weight excluding hydrogens is 328 g/mol. The highest BCUT2D eigenvalue weighted by Crippen LogP contribution is 2.27. The van der Waals surface area contributed by atoms with E-state index in [0.29, 0.717) is 38.1 Å². The van der Waals surface area contributed by atoms with Gasteiger partial charge < -0.3 is 15.0 Å². The van der Waals surface area contributed by atoms with Crippen LogP contribution in [0.3, 0.4) is 0 Å². The molecule has 2 amide bonds. The van der Waals surface area contributed by atoms with E-state index >= 15 is 0 Å². The SMILES string of the molecule is Cc1ccc(N2CC[C@H](C(=O)NCCO[C@H]3CCCC[C@@H]3C)C2=O)cc1. The molecule has 0 bridgehead atoms. The molecule has 1 aliphatic heterocycles. The van der Waals surface area contributed by atoms with Crippen LogP contribution in [0.2, 0.25) is 0 Å². The average molecular weight is 358 g/mol. The topological polar surface area (TPSA) is 58.6 Å². The van der Waals surface area contributed by atoms with Gasteiger partial charge in [-0.15, -0.1) is 0 Å². The Morgan fingerprint density at radius 3 is 2.65 bits per heavy atom. The summed E-state index contributed by atoms with van der Waals surface area (Å²) in [4.78, 5) is 26.7. The zero-order valence-corrected chi connectivity index (χ0v) is 15.9. The van der Waals surface area contributed by atoms with Crippen molar-refractivity contribution in [2.45, 2.75) is 52.1 Å². The van der Waals surface area contributed by atoms with Gasteiger partial charge in [-0.25, -0.2) is 0 Å². The van der Waals surface area contributed by atoms with Crippen molar-refractivity contribution >= 4 is 17.5 Å². The Hall–Kier alpha value is -1.88. The number of carbonyl (C=O) groups is 2. The highest BCUT2D eigenvalue weighted by molar-refractivity contribution is 6.09. The van der Waals surface area contributed by atoms with Gasteiger partial charge in [-0.05, 0) is 44.2 Å². The summed E-state index contributed by atoms with van der Waals surface area (Å²) in [6.45, 7) is 5.83. The third kappa shape index (κ3) is 4.44. The molecule has 1 aliphatic carbocycles. The third-order valence-electron chi connectivity index (χ3n) is 5.63. The van der Waals surface area contributed by atoms with E-state index in [1.807, 2.05) is 31.2 Å². The second-order valence-corrected chi connectivity index (χ2v) is 7.63. The Bertz CT molecular complexity index is 629. The van der Waals surface area contributed by atoms with Crippen LogP contribution in [0.1, 0.15) is 44.6 Å². The van der Waals surface area contributed by atoms with Gasteiger partial charge in [0.05, 0.1) is 12.7 Å².